The fourth-order valence-electron chi connectivity index (χ4n) is 6.51. The van der Waals surface area contributed by atoms with E-state index in [2.05, 4.69) is 34.5 Å². The monoisotopic (exact) mass is 634 g/mol. The van der Waals surface area contributed by atoms with E-state index in [4.69, 9.17) is 4.84 Å². The minimum Gasteiger partial charge on any atom is -0.481 e. The molecule has 5 N–H and O–H groups in total. The zero-order valence-corrected chi connectivity index (χ0v) is 26.8. The summed E-state index contributed by atoms with van der Waals surface area (Å²) in [4.78, 5) is 60.9. The summed E-state index contributed by atoms with van der Waals surface area (Å²) >= 11 is 4.62. The number of rotatable bonds is 11. The second-order valence-corrected chi connectivity index (χ2v) is 12.8. The summed E-state index contributed by atoms with van der Waals surface area (Å²) in [5, 5.41) is 24.5. The summed E-state index contributed by atoms with van der Waals surface area (Å²) < 4.78 is 0. The van der Waals surface area contributed by atoms with Crippen LogP contribution in [0.1, 0.15) is 67.3 Å². The lowest BCUT2D eigenvalue weighted by atomic mass is 9.91. The minimum absolute atomic E-state index is 0.0742. The normalized spacial score (nSPS) is 24.9. The summed E-state index contributed by atoms with van der Waals surface area (Å²) in [5.74, 6) is -2.57. The molecule has 2 fully saturated rings. The van der Waals surface area contributed by atoms with Gasteiger partial charge in [-0.1, -0.05) is 26.5 Å². The molecular weight excluding hydrogens is 596 g/mol. The van der Waals surface area contributed by atoms with Gasteiger partial charge in [0.05, 0.1) is 0 Å². The Morgan fingerprint density at radius 1 is 1.02 bits per heavy atom. The van der Waals surface area contributed by atoms with Gasteiger partial charge in [-0.15, -0.1) is 0 Å². The van der Waals surface area contributed by atoms with Gasteiger partial charge >= 0.3 is 11.9 Å². The van der Waals surface area contributed by atoms with E-state index in [0.29, 0.717) is 27.5 Å². The van der Waals surface area contributed by atoms with Gasteiger partial charge in [-0.2, -0.15) is 17.7 Å². The van der Waals surface area contributed by atoms with E-state index in [9.17, 15) is 29.4 Å². The molecule has 0 unspecified atom stereocenters. The number of hydroxylamine groups is 2. The molecule has 0 aliphatic carbocycles. The molecule has 0 aromatic carbocycles. The lowest BCUT2D eigenvalue weighted by molar-refractivity contribution is -0.138. The molecule has 11 nitrogen and oxygen atoms in total. The number of nitrogens with one attached hydrogen (secondary N) is 3. The third kappa shape index (κ3) is 5.68. The number of carbonyl (C=O) groups excluding carboxylic acids is 2. The molecule has 238 valence electrons. The molecule has 2 saturated heterocycles. The first-order valence-corrected chi connectivity index (χ1v) is 15.4. The van der Waals surface area contributed by atoms with Crippen molar-refractivity contribution in [3.8, 4) is 0 Å². The van der Waals surface area contributed by atoms with Crippen LogP contribution in [-0.4, -0.2) is 60.0 Å². The molecule has 5 rings (SSSR count). The van der Waals surface area contributed by atoms with Crippen LogP contribution in [0.2, 0.25) is 0 Å². The molecular formula is C33H38N4O7S. The van der Waals surface area contributed by atoms with E-state index >= 15 is 0 Å². The number of thiol groups is 1. The highest BCUT2D eigenvalue weighted by Gasteiger charge is 2.64. The predicted octanol–water partition coefficient (Wildman–Crippen LogP) is 2.63. The Bertz CT molecular complexity index is 1830. The summed E-state index contributed by atoms with van der Waals surface area (Å²) in [5.41, 5.74) is 5.53. The fourth-order valence-corrected chi connectivity index (χ4v) is 6.93. The molecule has 0 bridgehead atoms. The molecule has 0 saturated carbocycles. The van der Waals surface area contributed by atoms with E-state index < -0.39 is 17.7 Å². The Kier molecular flexibility index (Phi) is 8.49. The van der Waals surface area contributed by atoms with Crippen molar-refractivity contribution >= 4 is 54.6 Å². The van der Waals surface area contributed by atoms with Crippen LogP contribution in [0.25, 0.3) is 18.2 Å². The molecule has 2 aromatic heterocycles. The van der Waals surface area contributed by atoms with E-state index in [1.165, 1.54) is 11.1 Å². The average Bonchev–Trinajstić information content (AvgIpc) is 3.31. The number of nitrogens with zero attached hydrogens (tertiary/aromatic N) is 1. The van der Waals surface area contributed by atoms with E-state index in [0.717, 1.165) is 33.6 Å². The van der Waals surface area contributed by atoms with Crippen LogP contribution in [0.3, 0.4) is 0 Å². The summed E-state index contributed by atoms with van der Waals surface area (Å²) in [6, 6.07) is 0. The van der Waals surface area contributed by atoms with Gasteiger partial charge in [0.1, 0.15) is 0 Å². The molecule has 4 atom stereocenters. The van der Waals surface area contributed by atoms with Crippen LogP contribution < -0.4 is 16.0 Å². The van der Waals surface area contributed by atoms with E-state index in [1.807, 2.05) is 52.8 Å². The fraction of sp³-hybridized carbons (Fsp3) is 0.394. The number of carbonyl (C=O) groups is 4. The Morgan fingerprint density at radius 2 is 1.67 bits per heavy atom. The maximum atomic E-state index is 12.7. The van der Waals surface area contributed by atoms with Crippen molar-refractivity contribution in [2.24, 2.45) is 11.8 Å². The zero-order chi connectivity index (χ0) is 33.0. The van der Waals surface area contributed by atoms with Crippen molar-refractivity contribution in [2.75, 3.05) is 0 Å². The Morgan fingerprint density at radius 3 is 2.24 bits per heavy atom. The standard InChI is InChI=1S/C33H38N4O7S/c1-7-20-18(5)33(37(44-33)32(20)43)14-27-16(3)22(9-11-29(40)41)25(35-27)13-24-21(8-10-28(38)39)15(2)23(34-24)12-26-30(19(6)45)17(4)31(42)36-26/h7,12-14,17,19,30,34-35,45H,1,8-11H2,2-6H3,(H,36,42)(H,38,39)(H,40,41)/b25-13-,26-12-,27-14+/t17-,19-,30+,33+,37?/m1/s1. The first kappa shape index (κ1) is 32.1. The third-order valence-corrected chi connectivity index (χ3v) is 9.49. The van der Waals surface area contributed by atoms with Gasteiger partial charge in [0, 0.05) is 74.9 Å². The Balaban J connectivity index is 1.67. The topological polar surface area (TPSA) is 168 Å². The average molecular weight is 635 g/mol. The van der Waals surface area contributed by atoms with Crippen molar-refractivity contribution < 1.29 is 34.2 Å². The number of fused-ring (bicyclic) bond motifs is 1. The van der Waals surface area contributed by atoms with Gasteiger partial charge in [0.25, 0.3) is 5.91 Å². The van der Waals surface area contributed by atoms with Gasteiger partial charge in [0.2, 0.25) is 11.6 Å². The number of aromatic amines is 2. The van der Waals surface area contributed by atoms with Crippen LogP contribution in [0.5, 0.6) is 0 Å². The molecule has 45 heavy (non-hydrogen) atoms. The van der Waals surface area contributed by atoms with Crippen molar-refractivity contribution in [2.45, 2.75) is 71.3 Å². The highest BCUT2D eigenvalue weighted by Crippen LogP contribution is 2.50. The molecule has 12 heteroatoms. The maximum Gasteiger partial charge on any atom is 0.303 e. The lowest BCUT2D eigenvalue weighted by Crippen LogP contribution is -2.20. The summed E-state index contributed by atoms with van der Waals surface area (Å²) in [6.07, 6.45) is 7.40. The predicted molar refractivity (Wildman–Crippen MR) is 171 cm³/mol. The number of H-pyrrole nitrogens is 2. The molecule has 3 aliphatic heterocycles. The molecule has 2 aromatic rings. The zero-order valence-electron chi connectivity index (χ0n) is 25.9. The van der Waals surface area contributed by atoms with Gasteiger partial charge in [-0.25, -0.2) is 4.84 Å². The summed E-state index contributed by atoms with van der Waals surface area (Å²) in [6.45, 7) is 13.2. The van der Waals surface area contributed by atoms with Crippen molar-refractivity contribution in [1.29, 1.82) is 0 Å². The molecule has 2 amide bonds. The van der Waals surface area contributed by atoms with Crippen LogP contribution in [0.4, 0.5) is 0 Å². The number of hydrogen-bond acceptors (Lipinski definition) is 6. The number of aromatic nitrogens is 2. The number of carboxylic acids is 2. The van der Waals surface area contributed by atoms with Crippen molar-refractivity contribution in [1.82, 2.24) is 20.3 Å². The highest BCUT2D eigenvalue weighted by molar-refractivity contribution is 7.80. The van der Waals surface area contributed by atoms with Gasteiger partial charge < -0.3 is 25.5 Å². The Hall–Kier alpha value is -4.29. The number of hydrogen-bond donors (Lipinski definition) is 6. The highest BCUT2D eigenvalue weighted by atomic mass is 32.1. The molecule has 3 aliphatic rings. The second-order valence-electron chi connectivity index (χ2n) is 12.0. The van der Waals surface area contributed by atoms with Crippen LogP contribution in [0, 0.1) is 25.7 Å². The number of aliphatic carboxylic acids is 2. The first-order valence-electron chi connectivity index (χ1n) is 14.8. The van der Waals surface area contributed by atoms with Crippen molar-refractivity contribution in [3.63, 3.8) is 0 Å². The van der Waals surface area contributed by atoms with Gasteiger partial charge in [0.15, 0.2) is 0 Å². The third-order valence-electron chi connectivity index (χ3n) is 9.17. The van der Waals surface area contributed by atoms with Crippen LogP contribution >= 0.6 is 12.6 Å². The molecule has 0 spiro atoms. The quantitative estimate of drug-likeness (QED) is 0.163. The van der Waals surface area contributed by atoms with E-state index in [-0.39, 0.29) is 54.6 Å². The largest absolute Gasteiger partial charge is 0.481 e. The number of amides is 2. The lowest BCUT2D eigenvalue weighted by Gasteiger charge is -2.17. The molecule has 0 radical (unpaired) electrons. The maximum absolute atomic E-state index is 12.7. The Labute approximate surface area is 265 Å². The number of carboxylic acid groups (broad SMARTS) is 2. The minimum atomic E-state index is -1.03. The van der Waals surface area contributed by atoms with Gasteiger partial charge in [-0.3, -0.25) is 19.2 Å². The van der Waals surface area contributed by atoms with E-state index in [1.54, 1.807) is 0 Å². The van der Waals surface area contributed by atoms with Gasteiger partial charge in [-0.05, 0) is 68.0 Å². The summed E-state index contributed by atoms with van der Waals surface area (Å²) in [7, 11) is 0. The second kappa shape index (κ2) is 11.9. The molecule has 5 heterocycles. The smallest absolute Gasteiger partial charge is 0.303 e. The number of allylic oxidation sites excluding steroid dienone is 1. The van der Waals surface area contributed by atoms with Crippen LogP contribution in [-0.2, 0) is 36.9 Å². The van der Waals surface area contributed by atoms with Crippen LogP contribution in [0.15, 0.2) is 29.5 Å². The SMILES string of the molecule is C=CC1=C(C)[C@]2(/C=c3/[nH]/c(=C\c4[nH]c(/C=C5\NC(=O)[C@H](C)[C@H]5[C@@H](C)S)c(C)c4CCC(=O)O)c(CCC(=O)O)c3C)ON2C1=O. The first-order chi connectivity index (χ1) is 21.2. The van der Waals surface area contributed by atoms with Crippen molar-refractivity contribution in [3.05, 3.63) is 73.8 Å².